The van der Waals surface area contributed by atoms with E-state index >= 15 is 0 Å². The molecule has 4 saturated carbocycles. The predicted molar refractivity (Wildman–Crippen MR) is 228 cm³/mol. The highest BCUT2D eigenvalue weighted by molar-refractivity contribution is 5.79. The van der Waals surface area contributed by atoms with E-state index < -0.39 is 128 Å². The second kappa shape index (κ2) is 18.4. The third-order valence-electron chi connectivity index (χ3n) is 18.3. The highest BCUT2D eigenvalue weighted by Crippen LogP contribution is 2.76. The number of allylic oxidation sites excluding steroid dienone is 2. The van der Waals surface area contributed by atoms with Gasteiger partial charge in [-0.05, 0) is 109 Å². The molecule has 2 unspecified atom stereocenters. The van der Waals surface area contributed by atoms with Crippen molar-refractivity contribution in [2.45, 2.75) is 193 Å². The van der Waals surface area contributed by atoms with Crippen LogP contribution in [0.3, 0.4) is 0 Å². The molecule has 0 aromatic heterocycles. The molecule has 20 heteroatoms. The molecule has 2 heterocycles. The van der Waals surface area contributed by atoms with Crippen LogP contribution in [-0.2, 0) is 47.6 Å². The van der Waals surface area contributed by atoms with Gasteiger partial charge in [0.1, 0.15) is 49.3 Å². The van der Waals surface area contributed by atoms with Gasteiger partial charge < -0.3 is 79.5 Å². The number of aliphatic hydroxyl groups excluding tert-OH is 7. The quantitative estimate of drug-likeness (QED) is 0.0538. The number of carboxylic acids is 3. The maximum atomic E-state index is 14.7. The van der Waals surface area contributed by atoms with Gasteiger partial charge in [-0.1, -0.05) is 60.1 Å². The first-order valence-electron chi connectivity index (χ1n) is 23.6. The molecule has 0 aromatic carbocycles. The number of fused-ring (bicyclic) bond motifs is 7. The number of aliphatic hydroxyl groups is 7. The lowest BCUT2D eigenvalue weighted by Gasteiger charge is -2.71. The molecule has 5 aliphatic carbocycles. The zero-order valence-corrected chi connectivity index (χ0v) is 39.4. The number of esters is 1. The molecular weight excluding hydrogens is 884 g/mol. The topological polar surface area (TPSA) is 326 Å². The molecule has 20 nitrogen and oxygen atoms in total. The van der Waals surface area contributed by atoms with E-state index in [1.165, 1.54) is 5.57 Å². The van der Waals surface area contributed by atoms with Crippen LogP contribution in [0.1, 0.15) is 113 Å². The van der Waals surface area contributed by atoms with Crippen molar-refractivity contribution in [3.8, 4) is 0 Å². The fourth-order valence-corrected chi connectivity index (χ4v) is 14.3. The summed E-state index contributed by atoms with van der Waals surface area (Å²) in [6.45, 7) is 13.8. The van der Waals surface area contributed by atoms with Gasteiger partial charge in [-0.2, -0.15) is 0 Å². The molecule has 0 aromatic rings. The minimum atomic E-state index is -2.48. The second-order valence-corrected chi connectivity index (χ2v) is 22.7. The molecule has 67 heavy (non-hydrogen) atoms. The van der Waals surface area contributed by atoms with Crippen molar-refractivity contribution in [3.05, 3.63) is 11.6 Å². The van der Waals surface area contributed by atoms with Crippen molar-refractivity contribution >= 4 is 23.9 Å². The molecule has 10 N–H and O–H groups in total. The first-order valence-corrected chi connectivity index (χ1v) is 23.6. The van der Waals surface area contributed by atoms with Gasteiger partial charge in [-0.15, -0.1) is 0 Å². The zero-order chi connectivity index (χ0) is 49.6. The molecule has 380 valence electrons. The molecule has 6 fully saturated rings. The average molecular weight is 957 g/mol. The Balaban J connectivity index is 1.13. The lowest BCUT2D eigenvalue weighted by atomic mass is 9.33. The summed E-state index contributed by atoms with van der Waals surface area (Å²) in [5.74, 6) is -5.54. The second-order valence-electron chi connectivity index (χ2n) is 22.7. The predicted octanol–water partition coefficient (Wildman–Crippen LogP) is 1.31. The van der Waals surface area contributed by atoms with Gasteiger partial charge in [-0.3, -0.25) is 4.79 Å². The lowest BCUT2D eigenvalue weighted by Crippen LogP contribution is -2.66. The van der Waals surface area contributed by atoms with Crippen LogP contribution >= 0.6 is 0 Å². The Hall–Kier alpha value is -2.86. The van der Waals surface area contributed by atoms with Gasteiger partial charge in [-0.25, -0.2) is 14.4 Å². The smallest absolute Gasteiger partial charge is 0.337 e. The molecule has 7 rings (SSSR count). The Labute approximate surface area is 389 Å². The van der Waals surface area contributed by atoms with Crippen LogP contribution < -0.4 is 0 Å². The number of rotatable bonds is 13. The molecule has 0 radical (unpaired) electrons. The number of hydrogen-bond acceptors (Lipinski definition) is 17. The molecule has 20 atom stereocenters. The summed E-state index contributed by atoms with van der Waals surface area (Å²) in [6.07, 6.45) is -13.8. The maximum absolute atomic E-state index is 14.7. The SMILES string of the molecule is CC1(C)CC[C@@]2(C(=O)O[C@H]3O[C@@H](CO)[C@H](O)[C@@H](O)[C@@H]3O)CC[C@@]3(C)C(=CC[C@H]4[C@]5(C)CC[C@@H](O[C@H]6O[C@@H](C(=O)O)[C@H](O)[C@@H](OC(OCC(=O)O)C(O)C(=O)O)[C@@H]6O)C(C)(C)[C@H]5CC[C@@]43C)[C@H]2C1. The normalized spacial score (nSPS) is 46.5. The average Bonchev–Trinajstić information content (AvgIpc) is 3.24. The number of aliphatic carboxylic acids is 3. The maximum Gasteiger partial charge on any atom is 0.337 e. The fourth-order valence-electron chi connectivity index (χ4n) is 14.3. The third kappa shape index (κ3) is 8.65. The first kappa shape index (κ1) is 52.0. The standard InChI is InChI=1S/C47H72O20/c1-42(2)14-16-47(41(61)67-39-30(53)29(52)28(51)23(19-48)63-39)17-15-45(6)21(22(47)18-42)8-9-25-44(5)12-11-26(43(3,4)24(44)10-13-46(25,45)7)64-40-32(55)34(31(54)35(66-40)37(59)60)65-38(33(56)36(57)58)62-20-27(49)50/h8,22-26,28-35,38-40,48,51-56H,9-20H2,1-7H3,(H,49,50)(H,57,58)(H,59,60)/t22-,23+,24-,25+,26-,28+,29-,30+,31-,32+,33?,34-,35-,38?,39-,40+,44-,45+,46+,47-/m1/s1. The van der Waals surface area contributed by atoms with Crippen molar-refractivity contribution in [3.63, 3.8) is 0 Å². The van der Waals surface area contributed by atoms with Crippen molar-refractivity contribution in [1.29, 1.82) is 0 Å². The molecule has 2 saturated heterocycles. The number of carbonyl (C=O) groups excluding carboxylic acids is 1. The van der Waals surface area contributed by atoms with E-state index in [0.717, 1.165) is 32.1 Å². The van der Waals surface area contributed by atoms with E-state index in [1.807, 2.05) is 0 Å². The third-order valence-corrected chi connectivity index (χ3v) is 18.3. The van der Waals surface area contributed by atoms with E-state index in [4.69, 9.17) is 33.5 Å². The van der Waals surface area contributed by atoms with Crippen LogP contribution in [0, 0.1) is 50.2 Å². The van der Waals surface area contributed by atoms with Crippen LogP contribution in [0.15, 0.2) is 11.6 Å². The van der Waals surface area contributed by atoms with Crippen LogP contribution in [0.2, 0.25) is 0 Å². The lowest BCUT2D eigenvalue weighted by molar-refractivity contribution is -0.345. The van der Waals surface area contributed by atoms with Crippen LogP contribution in [-0.4, -0.2) is 168 Å². The Morgan fingerprint density at radius 3 is 2.07 bits per heavy atom. The largest absolute Gasteiger partial charge is 0.480 e. The van der Waals surface area contributed by atoms with Crippen molar-refractivity contribution in [2.75, 3.05) is 13.2 Å². The zero-order valence-electron chi connectivity index (χ0n) is 39.4. The highest BCUT2D eigenvalue weighted by Gasteiger charge is 2.70. The Morgan fingerprint density at radius 2 is 1.45 bits per heavy atom. The van der Waals surface area contributed by atoms with Crippen LogP contribution in [0.4, 0.5) is 0 Å². The van der Waals surface area contributed by atoms with Crippen molar-refractivity contribution < 1.29 is 98.7 Å². The molecule has 2 aliphatic heterocycles. The number of hydrogen-bond donors (Lipinski definition) is 10. The van der Waals surface area contributed by atoms with Crippen molar-refractivity contribution in [2.24, 2.45) is 50.2 Å². The number of ether oxygens (including phenoxy) is 6. The van der Waals surface area contributed by atoms with Gasteiger partial charge in [0.05, 0.1) is 18.1 Å². The summed E-state index contributed by atoms with van der Waals surface area (Å²) in [4.78, 5) is 49.9. The number of carboxylic acid groups (broad SMARTS) is 3. The van der Waals surface area contributed by atoms with Gasteiger partial charge >= 0.3 is 23.9 Å². The fraction of sp³-hybridized carbons (Fsp3) is 0.872. The van der Waals surface area contributed by atoms with E-state index in [0.29, 0.717) is 32.1 Å². The van der Waals surface area contributed by atoms with Gasteiger partial charge in [0.2, 0.25) is 12.4 Å². The molecule has 0 spiro atoms. The molecule has 7 aliphatic rings. The summed E-state index contributed by atoms with van der Waals surface area (Å²) in [5.41, 5.74) is -1.20. The van der Waals surface area contributed by atoms with E-state index in [2.05, 4.69) is 54.5 Å². The summed E-state index contributed by atoms with van der Waals surface area (Å²) in [7, 11) is 0. The number of carbonyl (C=O) groups is 4. The summed E-state index contributed by atoms with van der Waals surface area (Å²) in [6, 6.07) is 0. The Morgan fingerprint density at radius 1 is 0.776 bits per heavy atom. The molecular formula is C47H72O20. The summed E-state index contributed by atoms with van der Waals surface area (Å²) in [5, 5.41) is 103. The van der Waals surface area contributed by atoms with Gasteiger partial charge in [0.15, 0.2) is 18.7 Å². The Kier molecular flexibility index (Phi) is 14.3. The van der Waals surface area contributed by atoms with Crippen LogP contribution in [0.5, 0.6) is 0 Å². The molecule has 0 amide bonds. The summed E-state index contributed by atoms with van der Waals surface area (Å²) >= 11 is 0. The van der Waals surface area contributed by atoms with E-state index in [1.54, 1.807) is 0 Å². The monoisotopic (exact) mass is 956 g/mol. The minimum absolute atomic E-state index is 0.0494. The van der Waals surface area contributed by atoms with Crippen molar-refractivity contribution in [1.82, 2.24) is 0 Å². The van der Waals surface area contributed by atoms with Crippen LogP contribution in [0.25, 0.3) is 0 Å². The first-order chi connectivity index (χ1) is 31.1. The van der Waals surface area contributed by atoms with Gasteiger partial charge in [0, 0.05) is 0 Å². The van der Waals surface area contributed by atoms with E-state index in [-0.39, 0.29) is 39.4 Å². The van der Waals surface area contributed by atoms with Gasteiger partial charge in [0.25, 0.3) is 0 Å². The minimum Gasteiger partial charge on any atom is -0.480 e. The Bertz CT molecular complexity index is 1920. The molecule has 0 bridgehead atoms. The van der Waals surface area contributed by atoms with E-state index in [9.17, 15) is 65.1 Å². The summed E-state index contributed by atoms with van der Waals surface area (Å²) < 4.78 is 34.2. The highest BCUT2D eigenvalue weighted by atomic mass is 16.7.